The summed E-state index contributed by atoms with van der Waals surface area (Å²) >= 11 is 0. The van der Waals surface area contributed by atoms with Crippen molar-refractivity contribution < 1.29 is 4.79 Å². The number of pyridine rings is 1. The van der Waals surface area contributed by atoms with E-state index in [9.17, 15) is 4.79 Å². The first-order valence-electron chi connectivity index (χ1n) is 6.83. The Balaban J connectivity index is 1.91. The molecular weight excluding hydrogens is 262 g/mol. The number of hydrogen-bond acceptors (Lipinski definition) is 3. The van der Waals surface area contributed by atoms with Crippen molar-refractivity contribution in [1.29, 1.82) is 0 Å². The minimum atomic E-state index is -0.0470. The molecule has 0 aliphatic rings. The fourth-order valence-corrected chi connectivity index (χ4v) is 1.96. The van der Waals surface area contributed by atoms with E-state index in [-0.39, 0.29) is 5.91 Å². The molecule has 0 saturated carbocycles. The van der Waals surface area contributed by atoms with Gasteiger partial charge in [-0.15, -0.1) is 6.58 Å². The predicted octanol–water partition coefficient (Wildman–Crippen LogP) is 3.17. The Labute approximate surface area is 124 Å². The SMILES string of the molecule is C=CCNc1ccc(NC(=O)Cc2cccc(C)c2)cn1. The Bertz CT molecular complexity index is 620. The molecule has 1 heterocycles. The third-order valence-electron chi connectivity index (χ3n) is 2.92. The standard InChI is InChI=1S/C17H19N3O/c1-3-9-18-16-8-7-15(12-19-16)20-17(21)11-14-6-4-5-13(2)10-14/h3-8,10,12H,1,9,11H2,2H3,(H,18,19)(H,20,21). The summed E-state index contributed by atoms with van der Waals surface area (Å²) in [6.45, 7) is 6.30. The number of anilines is 2. The van der Waals surface area contributed by atoms with Crippen LogP contribution in [0.15, 0.2) is 55.3 Å². The van der Waals surface area contributed by atoms with E-state index in [1.54, 1.807) is 12.3 Å². The molecule has 0 spiro atoms. The van der Waals surface area contributed by atoms with Gasteiger partial charge in [0.1, 0.15) is 5.82 Å². The van der Waals surface area contributed by atoms with Gasteiger partial charge in [0.25, 0.3) is 0 Å². The molecule has 0 aliphatic heterocycles. The van der Waals surface area contributed by atoms with E-state index in [0.29, 0.717) is 18.7 Å². The lowest BCUT2D eigenvalue weighted by atomic mass is 10.1. The van der Waals surface area contributed by atoms with Crippen molar-refractivity contribution in [3.63, 3.8) is 0 Å². The smallest absolute Gasteiger partial charge is 0.228 e. The molecule has 2 N–H and O–H groups in total. The molecule has 1 aromatic carbocycles. The maximum absolute atomic E-state index is 12.0. The van der Waals surface area contributed by atoms with E-state index in [2.05, 4.69) is 22.2 Å². The molecule has 108 valence electrons. The Kier molecular flexibility index (Phi) is 5.10. The largest absolute Gasteiger partial charge is 0.367 e. The molecule has 2 rings (SSSR count). The number of nitrogens with zero attached hydrogens (tertiary/aromatic N) is 1. The van der Waals surface area contributed by atoms with Crippen LogP contribution in [0.2, 0.25) is 0 Å². The molecule has 1 aromatic heterocycles. The Morgan fingerprint density at radius 1 is 1.33 bits per heavy atom. The van der Waals surface area contributed by atoms with E-state index >= 15 is 0 Å². The Morgan fingerprint density at radius 2 is 2.19 bits per heavy atom. The van der Waals surface area contributed by atoms with Crippen molar-refractivity contribution in [2.75, 3.05) is 17.2 Å². The lowest BCUT2D eigenvalue weighted by molar-refractivity contribution is -0.115. The molecule has 0 bridgehead atoms. The van der Waals surface area contributed by atoms with Gasteiger partial charge in [0.2, 0.25) is 5.91 Å². The second-order valence-electron chi connectivity index (χ2n) is 4.82. The number of aromatic nitrogens is 1. The summed E-state index contributed by atoms with van der Waals surface area (Å²) in [4.78, 5) is 16.2. The van der Waals surface area contributed by atoms with Gasteiger partial charge >= 0.3 is 0 Å². The van der Waals surface area contributed by atoms with Gasteiger partial charge in [-0.25, -0.2) is 4.98 Å². The van der Waals surface area contributed by atoms with Crippen LogP contribution in [-0.4, -0.2) is 17.4 Å². The lowest BCUT2D eigenvalue weighted by Crippen LogP contribution is -2.14. The summed E-state index contributed by atoms with van der Waals surface area (Å²) in [6.07, 6.45) is 3.76. The van der Waals surface area contributed by atoms with E-state index in [1.165, 1.54) is 0 Å². The molecule has 1 amide bonds. The molecule has 4 nitrogen and oxygen atoms in total. The van der Waals surface area contributed by atoms with E-state index in [0.717, 1.165) is 16.9 Å². The summed E-state index contributed by atoms with van der Waals surface area (Å²) < 4.78 is 0. The zero-order valence-corrected chi connectivity index (χ0v) is 12.1. The average Bonchev–Trinajstić information content (AvgIpc) is 2.46. The van der Waals surface area contributed by atoms with Crippen molar-refractivity contribution in [3.05, 3.63) is 66.4 Å². The van der Waals surface area contributed by atoms with Gasteiger partial charge in [-0.3, -0.25) is 4.79 Å². The summed E-state index contributed by atoms with van der Waals surface area (Å²) in [6, 6.07) is 11.6. The highest BCUT2D eigenvalue weighted by atomic mass is 16.1. The van der Waals surface area contributed by atoms with Crippen molar-refractivity contribution >= 4 is 17.4 Å². The van der Waals surface area contributed by atoms with Gasteiger partial charge in [0, 0.05) is 6.54 Å². The van der Waals surface area contributed by atoms with Crippen LogP contribution in [-0.2, 0) is 11.2 Å². The summed E-state index contributed by atoms with van der Waals surface area (Å²) in [7, 11) is 0. The molecule has 0 aliphatic carbocycles. The molecule has 0 unspecified atom stereocenters. The van der Waals surface area contributed by atoms with Gasteiger partial charge in [-0.05, 0) is 24.6 Å². The van der Waals surface area contributed by atoms with Crippen LogP contribution < -0.4 is 10.6 Å². The van der Waals surface area contributed by atoms with Crippen molar-refractivity contribution in [2.24, 2.45) is 0 Å². The van der Waals surface area contributed by atoms with E-state index < -0.39 is 0 Å². The zero-order chi connectivity index (χ0) is 15.1. The van der Waals surface area contributed by atoms with Crippen LogP contribution in [0.25, 0.3) is 0 Å². The molecule has 0 saturated heterocycles. The van der Waals surface area contributed by atoms with Gasteiger partial charge in [-0.2, -0.15) is 0 Å². The van der Waals surface area contributed by atoms with Gasteiger partial charge in [-0.1, -0.05) is 35.9 Å². The van der Waals surface area contributed by atoms with Crippen LogP contribution in [0.4, 0.5) is 11.5 Å². The highest BCUT2D eigenvalue weighted by Gasteiger charge is 2.04. The molecule has 4 heteroatoms. The van der Waals surface area contributed by atoms with E-state index in [1.807, 2.05) is 43.3 Å². The predicted molar refractivity (Wildman–Crippen MR) is 86.4 cm³/mol. The highest BCUT2D eigenvalue weighted by molar-refractivity contribution is 5.92. The maximum atomic E-state index is 12.0. The monoisotopic (exact) mass is 281 g/mol. The van der Waals surface area contributed by atoms with Crippen LogP contribution in [0.5, 0.6) is 0 Å². The number of nitrogens with one attached hydrogen (secondary N) is 2. The fraction of sp³-hybridized carbons (Fsp3) is 0.176. The minimum Gasteiger partial charge on any atom is -0.367 e. The second kappa shape index (κ2) is 7.24. The summed E-state index contributed by atoms with van der Waals surface area (Å²) in [5, 5.41) is 5.92. The molecule has 21 heavy (non-hydrogen) atoms. The summed E-state index contributed by atoms with van der Waals surface area (Å²) in [5.41, 5.74) is 2.85. The number of rotatable bonds is 6. The number of aryl methyl sites for hydroxylation is 1. The Morgan fingerprint density at radius 3 is 2.86 bits per heavy atom. The van der Waals surface area contributed by atoms with Gasteiger partial charge in [0.15, 0.2) is 0 Å². The third kappa shape index (κ3) is 4.76. The fourth-order valence-electron chi connectivity index (χ4n) is 1.96. The number of carbonyl (C=O) groups is 1. The lowest BCUT2D eigenvalue weighted by Gasteiger charge is -2.07. The quantitative estimate of drug-likeness (QED) is 0.800. The highest BCUT2D eigenvalue weighted by Crippen LogP contribution is 2.11. The normalized spacial score (nSPS) is 9.95. The van der Waals surface area contributed by atoms with Crippen LogP contribution in [0.3, 0.4) is 0 Å². The molecule has 0 fully saturated rings. The minimum absolute atomic E-state index is 0.0470. The first kappa shape index (κ1) is 14.8. The topological polar surface area (TPSA) is 54.0 Å². The number of amides is 1. The van der Waals surface area contributed by atoms with Crippen molar-refractivity contribution in [3.8, 4) is 0 Å². The second-order valence-corrected chi connectivity index (χ2v) is 4.82. The first-order valence-corrected chi connectivity index (χ1v) is 6.83. The van der Waals surface area contributed by atoms with Crippen LogP contribution in [0, 0.1) is 6.92 Å². The van der Waals surface area contributed by atoms with Gasteiger partial charge < -0.3 is 10.6 Å². The Hall–Kier alpha value is -2.62. The summed E-state index contributed by atoms with van der Waals surface area (Å²) in [5.74, 6) is 0.709. The van der Waals surface area contributed by atoms with E-state index in [4.69, 9.17) is 0 Å². The van der Waals surface area contributed by atoms with Crippen LogP contribution >= 0.6 is 0 Å². The molecular formula is C17H19N3O. The van der Waals surface area contributed by atoms with Crippen LogP contribution in [0.1, 0.15) is 11.1 Å². The zero-order valence-electron chi connectivity index (χ0n) is 12.1. The number of hydrogen-bond donors (Lipinski definition) is 2. The first-order chi connectivity index (χ1) is 10.2. The maximum Gasteiger partial charge on any atom is 0.228 e. The number of carbonyl (C=O) groups excluding carboxylic acids is 1. The number of benzene rings is 1. The molecule has 2 aromatic rings. The van der Waals surface area contributed by atoms with Crippen molar-refractivity contribution in [1.82, 2.24) is 4.98 Å². The van der Waals surface area contributed by atoms with Crippen molar-refractivity contribution in [2.45, 2.75) is 13.3 Å². The molecule has 0 radical (unpaired) electrons. The molecule has 0 atom stereocenters. The average molecular weight is 281 g/mol. The third-order valence-corrected chi connectivity index (χ3v) is 2.92. The van der Waals surface area contributed by atoms with Gasteiger partial charge in [0.05, 0.1) is 18.3 Å².